The lowest BCUT2D eigenvalue weighted by atomic mass is 10.2. The molecule has 3 nitrogen and oxygen atoms in total. The Morgan fingerprint density at radius 3 is 3.07 bits per heavy atom. The van der Waals surface area contributed by atoms with Crippen LogP contribution >= 0.6 is 0 Å². The summed E-state index contributed by atoms with van der Waals surface area (Å²) in [4.78, 5) is 4.38. The quantitative estimate of drug-likeness (QED) is 0.803. The molecule has 0 amide bonds. The van der Waals surface area contributed by atoms with Crippen LogP contribution in [0.15, 0.2) is 22.6 Å². The maximum Gasteiger partial charge on any atom is 0.196 e. The number of rotatable bonds is 3. The number of fused-ring (bicyclic) bond motifs is 1. The summed E-state index contributed by atoms with van der Waals surface area (Å²) in [7, 11) is 1.92. The molecule has 1 aromatic heterocycles. The highest BCUT2D eigenvalue weighted by Crippen LogP contribution is 2.16. The normalized spacial score (nSPS) is 11.0. The molecule has 74 valence electrons. The fraction of sp³-hybridized carbons (Fsp3) is 0.364. The number of likely N-dealkylation sites (N-methyl/N-ethyl adjacent to an activating group) is 1. The molecule has 1 aromatic carbocycles. The molecule has 1 N–H and O–H groups in total. The van der Waals surface area contributed by atoms with Crippen molar-refractivity contribution in [1.82, 2.24) is 10.3 Å². The first kappa shape index (κ1) is 9.21. The molecular formula is C11H14N2O. The molecule has 0 radical (unpaired) electrons. The summed E-state index contributed by atoms with van der Waals surface area (Å²) < 4.78 is 5.60. The summed E-state index contributed by atoms with van der Waals surface area (Å²) in [5.74, 6) is 0.806. The first-order chi connectivity index (χ1) is 6.79. The zero-order valence-electron chi connectivity index (χ0n) is 8.50. The van der Waals surface area contributed by atoms with E-state index in [0.29, 0.717) is 0 Å². The van der Waals surface area contributed by atoms with Gasteiger partial charge in [-0.15, -0.1) is 0 Å². The van der Waals surface area contributed by atoms with Gasteiger partial charge in [0.05, 0.1) is 0 Å². The van der Waals surface area contributed by atoms with Crippen LogP contribution in [-0.2, 0) is 6.42 Å². The van der Waals surface area contributed by atoms with Crippen molar-refractivity contribution in [3.05, 3.63) is 29.7 Å². The van der Waals surface area contributed by atoms with Crippen molar-refractivity contribution in [2.45, 2.75) is 13.3 Å². The fourth-order valence-corrected chi connectivity index (χ4v) is 1.42. The van der Waals surface area contributed by atoms with E-state index in [4.69, 9.17) is 4.42 Å². The molecule has 0 unspecified atom stereocenters. The van der Waals surface area contributed by atoms with Crippen molar-refractivity contribution in [3.8, 4) is 0 Å². The van der Waals surface area contributed by atoms with Crippen LogP contribution < -0.4 is 5.32 Å². The van der Waals surface area contributed by atoms with Gasteiger partial charge in [-0.3, -0.25) is 0 Å². The molecule has 2 rings (SSSR count). The van der Waals surface area contributed by atoms with Crippen LogP contribution in [0.2, 0.25) is 0 Å². The van der Waals surface area contributed by atoms with Gasteiger partial charge in [-0.1, -0.05) is 6.07 Å². The molecule has 0 spiro atoms. The predicted molar refractivity (Wildman–Crippen MR) is 56.4 cm³/mol. The van der Waals surface area contributed by atoms with Gasteiger partial charge in [0, 0.05) is 13.0 Å². The molecule has 3 heteroatoms. The van der Waals surface area contributed by atoms with Crippen LogP contribution in [-0.4, -0.2) is 18.6 Å². The third-order valence-electron chi connectivity index (χ3n) is 2.18. The SMILES string of the molecule is CNCCc1nc2ccc(C)cc2o1. The van der Waals surface area contributed by atoms with Gasteiger partial charge < -0.3 is 9.73 Å². The summed E-state index contributed by atoms with van der Waals surface area (Å²) in [6.07, 6.45) is 0.838. The number of nitrogens with one attached hydrogen (secondary N) is 1. The minimum Gasteiger partial charge on any atom is -0.441 e. The standard InChI is InChI=1S/C11H14N2O/c1-8-3-4-9-10(7-8)14-11(13-9)5-6-12-2/h3-4,7,12H,5-6H2,1-2H3. The monoisotopic (exact) mass is 190 g/mol. The number of oxazole rings is 1. The maximum absolute atomic E-state index is 5.60. The number of hydrogen-bond donors (Lipinski definition) is 1. The number of hydrogen-bond acceptors (Lipinski definition) is 3. The van der Waals surface area contributed by atoms with E-state index in [1.165, 1.54) is 5.56 Å². The smallest absolute Gasteiger partial charge is 0.196 e. The Morgan fingerprint density at radius 2 is 2.29 bits per heavy atom. The van der Waals surface area contributed by atoms with E-state index < -0.39 is 0 Å². The average molecular weight is 190 g/mol. The predicted octanol–water partition coefficient (Wildman–Crippen LogP) is 1.90. The summed E-state index contributed by atoms with van der Waals surface area (Å²) in [6, 6.07) is 6.06. The van der Waals surface area contributed by atoms with Gasteiger partial charge >= 0.3 is 0 Å². The van der Waals surface area contributed by atoms with Crippen LogP contribution in [0.4, 0.5) is 0 Å². The first-order valence-electron chi connectivity index (χ1n) is 4.80. The third-order valence-corrected chi connectivity index (χ3v) is 2.18. The summed E-state index contributed by atoms with van der Waals surface area (Å²) in [6.45, 7) is 2.95. The van der Waals surface area contributed by atoms with Crippen molar-refractivity contribution in [2.75, 3.05) is 13.6 Å². The Balaban J connectivity index is 2.32. The van der Waals surface area contributed by atoms with E-state index in [1.807, 2.05) is 25.2 Å². The Labute approximate surface area is 83.1 Å². The molecule has 0 aliphatic rings. The third kappa shape index (κ3) is 1.77. The molecule has 0 saturated carbocycles. The second-order valence-electron chi connectivity index (χ2n) is 3.43. The lowest BCUT2D eigenvalue weighted by Crippen LogP contribution is -2.10. The van der Waals surface area contributed by atoms with Crippen molar-refractivity contribution in [3.63, 3.8) is 0 Å². The van der Waals surface area contributed by atoms with Crippen LogP contribution in [0.5, 0.6) is 0 Å². The highest BCUT2D eigenvalue weighted by molar-refractivity contribution is 5.73. The van der Waals surface area contributed by atoms with Gasteiger partial charge in [0.25, 0.3) is 0 Å². The summed E-state index contributed by atoms with van der Waals surface area (Å²) >= 11 is 0. The largest absolute Gasteiger partial charge is 0.441 e. The van der Waals surface area contributed by atoms with Gasteiger partial charge in [-0.25, -0.2) is 4.98 Å². The number of benzene rings is 1. The lowest BCUT2D eigenvalue weighted by molar-refractivity contribution is 0.522. The molecule has 14 heavy (non-hydrogen) atoms. The van der Waals surface area contributed by atoms with Crippen LogP contribution in [0.1, 0.15) is 11.5 Å². The second-order valence-corrected chi connectivity index (χ2v) is 3.43. The van der Waals surface area contributed by atoms with Crippen molar-refractivity contribution in [1.29, 1.82) is 0 Å². The molecule has 1 heterocycles. The first-order valence-corrected chi connectivity index (χ1v) is 4.80. The molecule has 2 aromatic rings. The van der Waals surface area contributed by atoms with Gasteiger partial charge in [0.15, 0.2) is 11.5 Å². The molecule has 0 bridgehead atoms. The Hall–Kier alpha value is -1.35. The molecule has 0 fully saturated rings. The highest BCUT2D eigenvalue weighted by atomic mass is 16.3. The van der Waals surface area contributed by atoms with Gasteiger partial charge in [-0.05, 0) is 31.7 Å². The lowest BCUT2D eigenvalue weighted by Gasteiger charge is -1.91. The van der Waals surface area contributed by atoms with Gasteiger partial charge in [0.2, 0.25) is 0 Å². The van der Waals surface area contributed by atoms with Gasteiger partial charge in [-0.2, -0.15) is 0 Å². The van der Waals surface area contributed by atoms with Crippen molar-refractivity contribution >= 4 is 11.1 Å². The van der Waals surface area contributed by atoms with E-state index in [1.54, 1.807) is 0 Å². The minimum atomic E-state index is 0.806. The molecule has 0 atom stereocenters. The number of aromatic nitrogens is 1. The second kappa shape index (κ2) is 3.80. The van der Waals surface area contributed by atoms with Crippen LogP contribution in [0.3, 0.4) is 0 Å². The molecule has 0 saturated heterocycles. The Kier molecular flexibility index (Phi) is 2.50. The van der Waals surface area contributed by atoms with E-state index in [-0.39, 0.29) is 0 Å². The van der Waals surface area contributed by atoms with Gasteiger partial charge in [0.1, 0.15) is 5.52 Å². The Bertz CT molecular complexity index is 434. The zero-order chi connectivity index (χ0) is 9.97. The molecule has 0 aliphatic carbocycles. The van der Waals surface area contributed by atoms with Crippen molar-refractivity contribution in [2.24, 2.45) is 0 Å². The minimum absolute atomic E-state index is 0.806. The van der Waals surface area contributed by atoms with E-state index >= 15 is 0 Å². The molecule has 0 aliphatic heterocycles. The van der Waals surface area contributed by atoms with E-state index in [2.05, 4.69) is 17.2 Å². The summed E-state index contributed by atoms with van der Waals surface area (Å²) in [5, 5.41) is 3.07. The van der Waals surface area contributed by atoms with Crippen molar-refractivity contribution < 1.29 is 4.42 Å². The molecular weight excluding hydrogens is 176 g/mol. The van der Waals surface area contributed by atoms with Crippen LogP contribution in [0.25, 0.3) is 11.1 Å². The maximum atomic E-state index is 5.60. The highest BCUT2D eigenvalue weighted by Gasteiger charge is 2.04. The fourth-order valence-electron chi connectivity index (χ4n) is 1.42. The topological polar surface area (TPSA) is 38.1 Å². The summed E-state index contributed by atoms with van der Waals surface area (Å²) in [5.41, 5.74) is 3.03. The number of aryl methyl sites for hydroxylation is 1. The average Bonchev–Trinajstić information content (AvgIpc) is 2.56. The number of nitrogens with zero attached hydrogens (tertiary/aromatic N) is 1. The zero-order valence-corrected chi connectivity index (χ0v) is 8.50. The van der Waals surface area contributed by atoms with E-state index in [0.717, 1.165) is 30.0 Å². The Morgan fingerprint density at radius 1 is 1.43 bits per heavy atom. The van der Waals surface area contributed by atoms with E-state index in [9.17, 15) is 0 Å². The van der Waals surface area contributed by atoms with Crippen LogP contribution in [0, 0.1) is 6.92 Å².